The Labute approximate surface area is 130 Å². The smallest absolute Gasteiger partial charge is 0.433 e. The van der Waals surface area contributed by atoms with E-state index in [-0.39, 0.29) is 25.2 Å². The third-order valence-electron chi connectivity index (χ3n) is 3.70. The van der Waals surface area contributed by atoms with Crippen molar-refractivity contribution in [3.63, 3.8) is 0 Å². The van der Waals surface area contributed by atoms with E-state index in [1.807, 2.05) is 0 Å². The number of carbonyl (C=O) groups is 2. The van der Waals surface area contributed by atoms with E-state index in [0.717, 1.165) is 0 Å². The summed E-state index contributed by atoms with van der Waals surface area (Å²) < 4.78 is 4.55. The highest BCUT2D eigenvalue weighted by Gasteiger charge is 2.61. The number of primary amides is 1. The lowest BCUT2D eigenvalue weighted by Crippen LogP contribution is -2.56. The Morgan fingerprint density at radius 2 is 2.30 bits per heavy atom. The van der Waals surface area contributed by atoms with Gasteiger partial charge in [-0.25, -0.2) is 4.79 Å². The highest BCUT2D eigenvalue weighted by molar-refractivity contribution is 6.68. The Bertz CT molecular complexity index is 588. The van der Waals surface area contributed by atoms with Gasteiger partial charge in [0.25, 0.3) is 17.6 Å². The summed E-state index contributed by atoms with van der Waals surface area (Å²) in [5, 5.41) is 18.4. The van der Waals surface area contributed by atoms with Crippen molar-refractivity contribution in [3.05, 3.63) is 10.1 Å². The first-order valence-electron chi connectivity index (χ1n) is 7.04. The summed E-state index contributed by atoms with van der Waals surface area (Å²) >= 11 is 0. The van der Waals surface area contributed by atoms with Crippen LogP contribution in [0.3, 0.4) is 0 Å². The number of nitrogens with two attached hydrogens (primary N) is 1. The van der Waals surface area contributed by atoms with Crippen LogP contribution in [0, 0.1) is 10.1 Å². The first kappa shape index (κ1) is 16.6. The van der Waals surface area contributed by atoms with Gasteiger partial charge in [-0.15, -0.1) is 0 Å². The second-order valence-electron chi connectivity index (χ2n) is 5.05. The van der Waals surface area contributed by atoms with Crippen molar-refractivity contribution >= 4 is 23.5 Å². The minimum atomic E-state index is -1.57. The predicted octanol–water partition coefficient (Wildman–Crippen LogP) is 0.345. The van der Waals surface area contributed by atoms with Crippen LogP contribution in [0.2, 0.25) is 0 Å². The number of ether oxygens (including phenoxy) is 1. The molecule has 0 aromatic heterocycles. The first-order valence-corrected chi connectivity index (χ1v) is 7.04. The summed E-state index contributed by atoms with van der Waals surface area (Å²) in [6.07, 6.45) is 0.523. The number of amides is 1. The van der Waals surface area contributed by atoms with Crippen LogP contribution in [0.1, 0.15) is 32.6 Å². The zero-order valence-corrected chi connectivity index (χ0v) is 12.4. The van der Waals surface area contributed by atoms with E-state index in [1.165, 1.54) is 0 Å². The van der Waals surface area contributed by atoms with E-state index >= 15 is 0 Å². The molecule has 0 saturated heterocycles. The number of hydrogen-bond donors (Lipinski definition) is 1. The Balaban J connectivity index is 2.38. The molecular weight excluding hydrogens is 312 g/mol. The molecule has 1 aliphatic carbocycles. The fourth-order valence-corrected chi connectivity index (χ4v) is 2.71. The van der Waals surface area contributed by atoms with E-state index in [4.69, 9.17) is 10.6 Å². The van der Waals surface area contributed by atoms with Gasteiger partial charge < -0.3 is 15.3 Å². The second-order valence-corrected chi connectivity index (χ2v) is 5.05. The summed E-state index contributed by atoms with van der Waals surface area (Å²) in [5.74, 6) is -0.985. The lowest BCUT2D eigenvalue weighted by Gasteiger charge is -2.32. The Morgan fingerprint density at radius 1 is 1.57 bits per heavy atom. The van der Waals surface area contributed by atoms with E-state index in [2.05, 4.69) is 19.9 Å². The summed E-state index contributed by atoms with van der Waals surface area (Å²) in [4.78, 5) is 43.3. The second kappa shape index (κ2) is 6.58. The summed E-state index contributed by atoms with van der Waals surface area (Å²) in [5.41, 5.74) is 2.97. The average molecular weight is 328 g/mol. The maximum atomic E-state index is 11.5. The van der Waals surface area contributed by atoms with Gasteiger partial charge in [0.2, 0.25) is 0 Å². The molecule has 126 valence electrons. The third kappa shape index (κ3) is 3.07. The zero-order chi connectivity index (χ0) is 17.0. The van der Waals surface area contributed by atoms with Crippen LogP contribution in [-0.2, 0) is 19.2 Å². The van der Waals surface area contributed by atoms with Gasteiger partial charge in [0, 0.05) is 17.8 Å². The van der Waals surface area contributed by atoms with Gasteiger partial charge in [-0.1, -0.05) is 10.3 Å². The van der Waals surface area contributed by atoms with Crippen molar-refractivity contribution in [1.29, 1.82) is 0 Å². The standard InChI is InChI=1S/C12H16N4O7/c1-2-21-11(18)22-15-9-8(10(13)17)14-23-12(9)6-4-3-5-7(12)16(19)20/h7H,2-6H2,1H3,(H2,13,17). The van der Waals surface area contributed by atoms with Crippen LogP contribution >= 0.6 is 0 Å². The van der Waals surface area contributed by atoms with Crippen molar-refractivity contribution in [3.8, 4) is 0 Å². The van der Waals surface area contributed by atoms with Crippen molar-refractivity contribution in [2.45, 2.75) is 44.2 Å². The molecule has 1 amide bonds. The molecule has 11 nitrogen and oxygen atoms in total. The minimum absolute atomic E-state index is 0.0552. The minimum Gasteiger partial charge on any atom is -0.433 e. The maximum absolute atomic E-state index is 11.5. The summed E-state index contributed by atoms with van der Waals surface area (Å²) in [6, 6.07) is -1.18. The molecule has 1 spiro atoms. The predicted molar refractivity (Wildman–Crippen MR) is 75.2 cm³/mol. The molecule has 0 aromatic carbocycles. The molecule has 2 aliphatic rings. The maximum Gasteiger partial charge on any atom is 0.535 e. The van der Waals surface area contributed by atoms with Crippen molar-refractivity contribution in [2.24, 2.45) is 16.0 Å². The molecular formula is C12H16N4O7. The Morgan fingerprint density at radius 3 is 2.91 bits per heavy atom. The third-order valence-corrected chi connectivity index (χ3v) is 3.70. The van der Waals surface area contributed by atoms with Crippen molar-refractivity contribution in [1.82, 2.24) is 0 Å². The molecule has 1 aliphatic heterocycles. The molecule has 2 unspecified atom stereocenters. The monoisotopic (exact) mass is 328 g/mol. The molecule has 2 atom stereocenters. The molecule has 1 heterocycles. The highest BCUT2D eigenvalue weighted by Crippen LogP contribution is 2.38. The largest absolute Gasteiger partial charge is 0.535 e. The first-order chi connectivity index (χ1) is 10.9. The number of oxime groups is 2. The van der Waals surface area contributed by atoms with E-state index in [0.29, 0.717) is 12.8 Å². The summed E-state index contributed by atoms with van der Waals surface area (Å²) in [7, 11) is 0. The van der Waals surface area contributed by atoms with Gasteiger partial charge >= 0.3 is 6.16 Å². The fourth-order valence-electron chi connectivity index (χ4n) is 2.71. The summed E-state index contributed by atoms with van der Waals surface area (Å²) in [6.45, 7) is 1.62. The van der Waals surface area contributed by atoms with E-state index in [9.17, 15) is 19.7 Å². The average Bonchev–Trinajstić information content (AvgIpc) is 2.84. The van der Waals surface area contributed by atoms with Gasteiger partial charge in [-0.2, -0.15) is 0 Å². The topological polar surface area (TPSA) is 156 Å². The number of rotatable bonds is 4. The normalized spacial score (nSPS) is 28.1. The van der Waals surface area contributed by atoms with Gasteiger partial charge in [-0.3, -0.25) is 19.7 Å². The number of nitro groups is 1. The molecule has 0 radical (unpaired) electrons. The van der Waals surface area contributed by atoms with Gasteiger partial charge in [0.1, 0.15) is 0 Å². The molecule has 0 aromatic rings. The van der Waals surface area contributed by atoms with Crippen LogP contribution in [0.4, 0.5) is 4.79 Å². The number of nitrogens with zero attached hydrogens (tertiary/aromatic N) is 3. The van der Waals surface area contributed by atoms with Gasteiger partial charge in [0.05, 0.1) is 6.61 Å². The highest BCUT2D eigenvalue weighted by atomic mass is 16.8. The van der Waals surface area contributed by atoms with Crippen LogP contribution in [-0.4, -0.2) is 46.7 Å². The van der Waals surface area contributed by atoms with Crippen molar-refractivity contribution < 1.29 is 28.9 Å². The van der Waals surface area contributed by atoms with Gasteiger partial charge in [-0.05, 0) is 19.8 Å². The molecule has 23 heavy (non-hydrogen) atoms. The quantitative estimate of drug-likeness (QED) is 0.337. The molecule has 11 heteroatoms. The van der Waals surface area contributed by atoms with E-state index < -0.39 is 34.3 Å². The Kier molecular flexibility index (Phi) is 4.77. The van der Waals surface area contributed by atoms with Crippen LogP contribution in [0.5, 0.6) is 0 Å². The SMILES string of the molecule is CCOC(=O)ON=C1C(C(N)=O)=NOC12CCCCC2[N+](=O)[O-]. The molecule has 1 fully saturated rings. The lowest BCUT2D eigenvalue weighted by atomic mass is 9.76. The van der Waals surface area contributed by atoms with Crippen molar-refractivity contribution in [2.75, 3.05) is 6.61 Å². The lowest BCUT2D eigenvalue weighted by molar-refractivity contribution is -0.544. The van der Waals surface area contributed by atoms with E-state index in [1.54, 1.807) is 6.92 Å². The number of carbonyl (C=O) groups excluding carboxylic acids is 2. The van der Waals surface area contributed by atoms with Crippen LogP contribution in [0.15, 0.2) is 10.3 Å². The molecule has 1 saturated carbocycles. The Hall–Kier alpha value is -2.72. The number of hydrogen-bond acceptors (Lipinski definition) is 9. The van der Waals surface area contributed by atoms with Gasteiger partial charge in [0.15, 0.2) is 11.4 Å². The molecule has 0 bridgehead atoms. The molecule has 2 N–H and O–H groups in total. The van der Waals surface area contributed by atoms with Crippen LogP contribution < -0.4 is 5.73 Å². The fraction of sp³-hybridized carbons (Fsp3) is 0.667. The van der Waals surface area contributed by atoms with Crippen LogP contribution in [0.25, 0.3) is 0 Å². The molecule has 2 rings (SSSR count). The zero-order valence-electron chi connectivity index (χ0n) is 12.4.